The van der Waals surface area contributed by atoms with E-state index >= 15 is 13.2 Å². The number of benzene rings is 1. The Bertz CT molecular complexity index is 595. The van der Waals surface area contributed by atoms with Crippen molar-refractivity contribution < 1.29 is 36.2 Å². The van der Waals surface area contributed by atoms with Gasteiger partial charge in [0.2, 0.25) is 0 Å². The Labute approximate surface area is 175 Å². The summed E-state index contributed by atoms with van der Waals surface area (Å²) in [5.41, 5.74) is -4.82. The smallest absolute Gasteiger partial charge is 0.325 e. The van der Waals surface area contributed by atoms with Gasteiger partial charge in [-0.05, 0) is 27.2 Å². The fourth-order valence-electron chi connectivity index (χ4n) is 3.39. The molecule has 0 aliphatic heterocycles. The van der Waals surface area contributed by atoms with E-state index in [0.29, 0.717) is 12.8 Å². The lowest BCUT2D eigenvalue weighted by molar-refractivity contribution is -0.472. The molecule has 3 nitrogen and oxygen atoms in total. The minimum absolute atomic E-state index is 0.161. The first-order valence-corrected chi connectivity index (χ1v) is 10.5. The highest BCUT2D eigenvalue weighted by Crippen LogP contribution is 2.58. The van der Waals surface area contributed by atoms with Gasteiger partial charge in [0.15, 0.2) is 0 Å². The molecule has 0 bridgehead atoms. The Morgan fingerprint density at radius 1 is 0.700 bits per heavy atom. The number of ether oxygens (including phenoxy) is 3. The fourth-order valence-corrected chi connectivity index (χ4v) is 3.39. The van der Waals surface area contributed by atoms with E-state index in [-0.39, 0.29) is 26.2 Å². The number of unbranched alkanes of at least 4 members (excludes halogenated alkanes) is 3. The van der Waals surface area contributed by atoms with Crippen molar-refractivity contribution in [2.24, 2.45) is 0 Å². The summed E-state index contributed by atoms with van der Waals surface area (Å²) in [6.45, 7) is 5.23. The van der Waals surface area contributed by atoms with E-state index in [4.69, 9.17) is 14.2 Å². The quantitative estimate of drug-likeness (QED) is 0.169. The SMILES string of the molecule is CCCCCCC(F)(F)C(F)(F)C(F)(c1ccccc1)C(OCC)(OCC)OCC. The molecule has 0 amide bonds. The second-order valence-electron chi connectivity index (χ2n) is 6.97. The fraction of sp³-hybridized carbons (Fsp3) is 0.727. The van der Waals surface area contributed by atoms with Gasteiger partial charge in [-0.15, -0.1) is 0 Å². The molecule has 0 saturated heterocycles. The molecule has 0 radical (unpaired) electrons. The predicted molar refractivity (Wildman–Crippen MR) is 105 cm³/mol. The molecular weight excluding hydrogens is 407 g/mol. The predicted octanol–water partition coefficient (Wildman–Crippen LogP) is 6.86. The zero-order chi connectivity index (χ0) is 22.9. The number of halogens is 5. The van der Waals surface area contributed by atoms with E-state index in [0.717, 1.165) is 18.6 Å². The Balaban J connectivity index is 3.63. The van der Waals surface area contributed by atoms with E-state index in [1.165, 1.54) is 39.0 Å². The van der Waals surface area contributed by atoms with Crippen LogP contribution in [-0.2, 0) is 19.9 Å². The minimum Gasteiger partial charge on any atom is -0.325 e. The molecule has 1 unspecified atom stereocenters. The van der Waals surface area contributed by atoms with Crippen molar-refractivity contribution in [2.75, 3.05) is 19.8 Å². The molecule has 0 aromatic heterocycles. The third-order valence-electron chi connectivity index (χ3n) is 4.83. The first-order chi connectivity index (χ1) is 14.1. The molecule has 0 aliphatic rings. The van der Waals surface area contributed by atoms with Crippen LogP contribution in [-0.4, -0.2) is 37.6 Å². The monoisotopic (exact) mass is 440 g/mol. The number of alkyl halides is 5. The van der Waals surface area contributed by atoms with Crippen molar-refractivity contribution in [3.05, 3.63) is 35.9 Å². The number of hydrogen-bond donors (Lipinski definition) is 0. The van der Waals surface area contributed by atoms with Crippen LogP contribution in [0.2, 0.25) is 0 Å². The molecule has 0 N–H and O–H groups in total. The summed E-state index contributed by atoms with van der Waals surface area (Å²) in [5.74, 6) is -12.9. The molecule has 0 fully saturated rings. The highest BCUT2D eigenvalue weighted by Gasteiger charge is 2.79. The van der Waals surface area contributed by atoms with Gasteiger partial charge in [-0.25, -0.2) is 4.39 Å². The van der Waals surface area contributed by atoms with Crippen LogP contribution in [0.5, 0.6) is 0 Å². The van der Waals surface area contributed by atoms with Gasteiger partial charge in [-0.1, -0.05) is 56.5 Å². The van der Waals surface area contributed by atoms with Gasteiger partial charge in [0.05, 0.1) is 0 Å². The van der Waals surface area contributed by atoms with Gasteiger partial charge in [0, 0.05) is 31.8 Å². The highest BCUT2D eigenvalue weighted by molar-refractivity contribution is 5.29. The van der Waals surface area contributed by atoms with Crippen molar-refractivity contribution in [1.82, 2.24) is 0 Å². The molecule has 1 atom stereocenters. The maximum absolute atomic E-state index is 16.6. The molecule has 8 heteroatoms. The van der Waals surface area contributed by atoms with E-state index < -0.39 is 35.5 Å². The summed E-state index contributed by atoms with van der Waals surface area (Å²) < 4.78 is 93.2. The maximum Gasteiger partial charge on any atom is 0.355 e. The van der Waals surface area contributed by atoms with E-state index in [1.54, 1.807) is 0 Å². The van der Waals surface area contributed by atoms with Gasteiger partial charge < -0.3 is 14.2 Å². The summed E-state index contributed by atoms with van der Waals surface area (Å²) in [5, 5.41) is 0. The van der Waals surface area contributed by atoms with Crippen molar-refractivity contribution in [3.63, 3.8) is 0 Å². The summed E-state index contributed by atoms with van der Waals surface area (Å²) in [6.07, 6.45) is 0.397. The summed E-state index contributed by atoms with van der Waals surface area (Å²) >= 11 is 0. The van der Waals surface area contributed by atoms with Crippen molar-refractivity contribution in [1.29, 1.82) is 0 Å². The van der Waals surface area contributed by atoms with Crippen LogP contribution in [0.4, 0.5) is 22.0 Å². The molecule has 1 aromatic carbocycles. The van der Waals surface area contributed by atoms with Crippen LogP contribution >= 0.6 is 0 Å². The zero-order valence-electron chi connectivity index (χ0n) is 18.2. The highest BCUT2D eigenvalue weighted by atomic mass is 19.3. The van der Waals surface area contributed by atoms with Crippen molar-refractivity contribution >= 4 is 0 Å². The maximum atomic E-state index is 16.6. The van der Waals surface area contributed by atoms with E-state index in [9.17, 15) is 8.78 Å². The number of rotatable bonds is 15. The first-order valence-electron chi connectivity index (χ1n) is 10.5. The second kappa shape index (κ2) is 11.4. The molecule has 0 spiro atoms. The van der Waals surface area contributed by atoms with E-state index in [2.05, 4.69) is 0 Å². The lowest BCUT2D eigenvalue weighted by atomic mass is 9.81. The standard InChI is InChI=1S/C22H33F5O3/c1-5-9-10-14-17-19(23,24)21(26,27)20(25,18-15-12-11-13-16-18)22(28-6-2,29-7-3)30-8-4/h11-13,15-16H,5-10,14,17H2,1-4H3. The molecule has 1 aromatic rings. The topological polar surface area (TPSA) is 27.7 Å². The van der Waals surface area contributed by atoms with Gasteiger partial charge in [-0.2, -0.15) is 17.6 Å². The third-order valence-corrected chi connectivity index (χ3v) is 4.83. The molecule has 1 rings (SSSR count). The number of hydrogen-bond acceptors (Lipinski definition) is 3. The lowest BCUT2D eigenvalue weighted by Gasteiger charge is -2.48. The van der Waals surface area contributed by atoms with Crippen molar-refractivity contribution in [2.45, 2.75) is 83.3 Å². The first kappa shape index (κ1) is 26.8. The normalized spacial score (nSPS) is 15.2. The molecular formula is C22H33F5O3. The van der Waals surface area contributed by atoms with Crippen LogP contribution in [0, 0.1) is 0 Å². The minimum atomic E-state index is -5.19. The summed E-state index contributed by atoms with van der Waals surface area (Å²) in [6, 6.07) is 6.05. The average molecular weight is 440 g/mol. The van der Waals surface area contributed by atoms with Crippen LogP contribution in [0.1, 0.15) is 65.4 Å². The van der Waals surface area contributed by atoms with Gasteiger partial charge >= 0.3 is 17.8 Å². The Morgan fingerprint density at radius 3 is 1.63 bits per heavy atom. The third kappa shape index (κ3) is 5.14. The average Bonchev–Trinajstić information content (AvgIpc) is 2.71. The van der Waals surface area contributed by atoms with Gasteiger partial charge in [-0.3, -0.25) is 0 Å². The van der Waals surface area contributed by atoms with Gasteiger partial charge in [0.1, 0.15) is 0 Å². The summed E-state index contributed by atoms with van der Waals surface area (Å²) in [4.78, 5) is 0. The summed E-state index contributed by atoms with van der Waals surface area (Å²) in [7, 11) is 0. The largest absolute Gasteiger partial charge is 0.355 e. The molecule has 0 saturated carbocycles. The molecule has 0 heterocycles. The van der Waals surface area contributed by atoms with Crippen LogP contribution < -0.4 is 0 Å². The van der Waals surface area contributed by atoms with Crippen LogP contribution in [0.3, 0.4) is 0 Å². The zero-order valence-corrected chi connectivity index (χ0v) is 18.2. The lowest BCUT2D eigenvalue weighted by Crippen LogP contribution is -2.68. The van der Waals surface area contributed by atoms with Crippen molar-refractivity contribution in [3.8, 4) is 0 Å². The molecule has 174 valence electrons. The van der Waals surface area contributed by atoms with Gasteiger partial charge in [0.25, 0.3) is 5.67 Å². The van der Waals surface area contributed by atoms with E-state index in [1.807, 2.05) is 6.92 Å². The second-order valence-corrected chi connectivity index (χ2v) is 6.97. The van der Waals surface area contributed by atoms with Crippen LogP contribution in [0.15, 0.2) is 30.3 Å². The Hall–Kier alpha value is -1.25. The van der Waals surface area contributed by atoms with Crippen LogP contribution in [0.25, 0.3) is 0 Å². The molecule has 0 aliphatic carbocycles. The Kier molecular flexibility index (Phi) is 10.2. The Morgan fingerprint density at radius 2 is 1.20 bits per heavy atom. The molecule has 30 heavy (non-hydrogen) atoms.